The van der Waals surface area contributed by atoms with Crippen LogP contribution in [0.25, 0.3) is 6.08 Å². The molecule has 2 amide bonds. The van der Waals surface area contributed by atoms with Crippen LogP contribution in [0.4, 0.5) is 13.2 Å². The number of carbonyl (C=O) groups excluding carboxylic acids is 3. The van der Waals surface area contributed by atoms with Gasteiger partial charge in [-0.05, 0) is 49.2 Å². The van der Waals surface area contributed by atoms with Gasteiger partial charge in [-0.25, -0.2) is 4.79 Å². The highest BCUT2D eigenvalue weighted by atomic mass is 35.5. The average molecular weight is 513 g/mol. The van der Waals surface area contributed by atoms with Crippen molar-refractivity contribution in [1.29, 1.82) is 0 Å². The molecule has 176 valence electrons. The summed E-state index contributed by atoms with van der Waals surface area (Å²) in [6, 6.07) is 1.79. The Morgan fingerprint density at radius 1 is 1.22 bits per heavy atom. The highest BCUT2D eigenvalue weighted by molar-refractivity contribution is 8.00. The molecule has 6 nitrogen and oxygen atoms in total. The summed E-state index contributed by atoms with van der Waals surface area (Å²) in [6.07, 6.45) is 3.49. The maximum Gasteiger partial charge on any atom is 0.446 e. The molecule has 0 unspecified atom stereocenters. The number of alkyl halides is 3. The zero-order valence-electron chi connectivity index (χ0n) is 17.2. The van der Waals surface area contributed by atoms with E-state index >= 15 is 0 Å². The van der Waals surface area contributed by atoms with Crippen LogP contribution in [-0.2, 0) is 19.1 Å². The van der Waals surface area contributed by atoms with Crippen LogP contribution in [0.2, 0.25) is 10.0 Å². The van der Waals surface area contributed by atoms with E-state index in [0.29, 0.717) is 31.5 Å². The minimum atomic E-state index is -4.50. The van der Waals surface area contributed by atoms with E-state index in [1.165, 1.54) is 38.3 Å². The molecule has 1 aliphatic heterocycles. The summed E-state index contributed by atoms with van der Waals surface area (Å²) in [6.45, 7) is 2.20. The molecule has 1 N–H and O–H groups in total. The van der Waals surface area contributed by atoms with Crippen LogP contribution in [0, 0.1) is 5.92 Å². The van der Waals surface area contributed by atoms with Gasteiger partial charge in [0.1, 0.15) is 6.04 Å². The minimum Gasteiger partial charge on any atom is -0.467 e. The van der Waals surface area contributed by atoms with Crippen LogP contribution in [0.5, 0.6) is 0 Å². The van der Waals surface area contributed by atoms with Crippen LogP contribution in [0.15, 0.2) is 23.1 Å². The van der Waals surface area contributed by atoms with Gasteiger partial charge in [-0.3, -0.25) is 9.59 Å². The summed E-state index contributed by atoms with van der Waals surface area (Å²) in [7, 11) is 1.24. The molecule has 0 spiro atoms. The first-order valence-corrected chi connectivity index (χ1v) is 11.1. The Kier molecular flexibility index (Phi) is 9.29. The van der Waals surface area contributed by atoms with E-state index < -0.39 is 17.5 Å². The number of thioether (sulfide) groups is 1. The first kappa shape index (κ1) is 26.3. The van der Waals surface area contributed by atoms with E-state index in [2.05, 4.69) is 10.1 Å². The van der Waals surface area contributed by atoms with Crippen molar-refractivity contribution in [3.05, 3.63) is 33.8 Å². The van der Waals surface area contributed by atoms with Crippen molar-refractivity contribution in [2.75, 3.05) is 20.2 Å². The molecule has 32 heavy (non-hydrogen) atoms. The summed E-state index contributed by atoms with van der Waals surface area (Å²) >= 11 is 11.6. The molecule has 1 aromatic rings. The molecule has 1 fully saturated rings. The van der Waals surface area contributed by atoms with Gasteiger partial charge in [-0.1, -0.05) is 29.3 Å². The Balaban J connectivity index is 1.94. The molecule has 2 rings (SSSR count). The molecule has 0 bridgehead atoms. The van der Waals surface area contributed by atoms with Crippen molar-refractivity contribution < 1.29 is 32.3 Å². The number of amides is 2. The molecule has 12 heteroatoms. The van der Waals surface area contributed by atoms with Gasteiger partial charge in [0.2, 0.25) is 11.8 Å². The molecule has 1 aliphatic rings. The van der Waals surface area contributed by atoms with Gasteiger partial charge >= 0.3 is 11.5 Å². The number of nitrogens with zero attached hydrogens (tertiary/aromatic N) is 1. The zero-order valence-corrected chi connectivity index (χ0v) is 19.5. The van der Waals surface area contributed by atoms with Crippen molar-refractivity contribution in [3.63, 3.8) is 0 Å². The summed E-state index contributed by atoms with van der Waals surface area (Å²) < 4.78 is 42.2. The number of methoxy groups -OCH3 is 1. The van der Waals surface area contributed by atoms with E-state index in [9.17, 15) is 27.6 Å². The molecule has 0 aliphatic carbocycles. The molecular weight excluding hydrogens is 492 g/mol. The second-order valence-corrected chi connectivity index (χ2v) is 8.88. The third kappa shape index (κ3) is 7.31. The Labute approximate surface area is 197 Å². The van der Waals surface area contributed by atoms with Crippen LogP contribution in [0.3, 0.4) is 0 Å². The topological polar surface area (TPSA) is 75.7 Å². The number of nitrogens with one attached hydrogen (secondary N) is 1. The predicted molar refractivity (Wildman–Crippen MR) is 116 cm³/mol. The van der Waals surface area contributed by atoms with Gasteiger partial charge in [0, 0.05) is 30.0 Å². The molecule has 0 saturated carbocycles. The van der Waals surface area contributed by atoms with Crippen LogP contribution in [-0.4, -0.2) is 54.4 Å². The number of ether oxygens (including phenoxy) is 1. The Hall–Kier alpha value is -1.91. The van der Waals surface area contributed by atoms with E-state index in [1.807, 2.05) is 0 Å². The molecule has 0 radical (unpaired) electrons. The lowest BCUT2D eigenvalue weighted by molar-refractivity contribution is -0.145. The standard InChI is InChI=1S/C20H21Cl2F3N2O4S/c1-11(19(30)31-2)26-18(29)13-7-9-27(10-8-13)15(28)6-4-12-3-5-14(17(22)16(12)21)32-20(23,24)25/h3-6,11,13H,7-10H2,1-2H3,(H,26,29)/b6-4+/t11-/m0/s1. The van der Waals surface area contributed by atoms with Crippen molar-refractivity contribution in [2.24, 2.45) is 5.92 Å². The lowest BCUT2D eigenvalue weighted by Gasteiger charge is -2.31. The molecule has 1 aromatic carbocycles. The zero-order chi connectivity index (χ0) is 24.1. The minimum absolute atomic E-state index is 0.0833. The number of hydrogen-bond donors (Lipinski definition) is 1. The number of piperidine rings is 1. The largest absolute Gasteiger partial charge is 0.467 e. The van der Waals surface area contributed by atoms with Crippen LogP contribution in [0.1, 0.15) is 25.3 Å². The van der Waals surface area contributed by atoms with Gasteiger partial charge in [0.05, 0.1) is 17.2 Å². The second kappa shape index (κ2) is 11.3. The normalized spacial score (nSPS) is 16.2. The number of esters is 1. The first-order valence-electron chi connectivity index (χ1n) is 9.52. The number of hydrogen-bond acceptors (Lipinski definition) is 5. The summed E-state index contributed by atoms with van der Waals surface area (Å²) in [4.78, 5) is 37.5. The van der Waals surface area contributed by atoms with E-state index in [-0.39, 0.29) is 44.4 Å². The van der Waals surface area contributed by atoms with Crippen LogP contribution < -0.4 is 5.32 Å². The first-order chi connectivity index (χ1) is 14.9. The van der Waals surface area contributed by atoms with E-state index in [1.54, 1.807) is 4.90 Å². The highest BCUT2D eigenvalue weighted by Gasteiger charge is 2.31. The lowest BCUT2D eigenvalue weighted by Crippen LogP contribution is -2.46. The fourth-order valence-electron chi connectivity index (χ4n) is 3.07. The molecule has 1 heterocycles. The smallest absolute Gasteiger partial charge is 0.446 e. The van der Waals surface area contributed by atoms with Crippen molar-refractivity contribution in [1.82, 2.24) is 10.2 Å². The number of benzene rings is 1. The number of rotatable bonds is 6. The summed E-state index contributed by atoms with van der Waals surface area (Å²) in [5.74, 6) is -1.47. The number of halogens is 5. The Bertz CT molecular complexity index is 904. The van der Waals surface area contributed by atoms with Gasteiger partial charge in [0.15, 0.2) is 0 Å². The van der Waals surface area contributed by atoms with Crippen molar-refractivity contribution in [2.45, 2.75) is 36.2 Å². The fourth-order valence-corrected chi connectivity index (χ4v) is 4.22. The quantitative estimate of drug-likeness (QED) is 0.344. The molecular formula is C20H21Cl2F3N2O4S. The van der Waals surface area contributed by atoms with Crippen LogP contribution >= 0.6 is 35.0 Å². The van der Waals surface area contributed by atoms with Crippen molar-refractivity contribution >= 4 is 58.8 Å². The monoisotopic (exact) mass is 512 g/mol. The average Bonchev–Trinajstić information content (AvgIpc) is 2.74. The molecule has 1 atom stereocenters. The Morgan fingerprint density at radius 2 is 1.84 bits per heavy atom. The highest BCUT2D eigenvalue weighted by Crippen LogP contribution is 2.43. The third-order valence-corrected chi connectivity index (χ3v) is 6.60. The fraction of sp³-hybridized carbons (Fsp3) is 0.450. The second-order valence-electron chi connectivity index (χ2n) is 7.02. The van der Waals surface area contributed by atoms with E-state index in [4.69, 9.17) is 23.2 Å². The summed E-state index contributed by atoms with van der Waals surface area (Å²) in [5.41, 5.74) is -4.19. The maximum absolute atomic E-state index is 12.6. The van der Waals surface area contributed by atoms with Gasteiger partial charge in [0.25, 0.3) is 0 Å². The molecule has 1 saturated heterocycles. The molecule has 0 aromatic heterocycles. The Morgan fingerprint density at radius 3 is 2.41 bits per heavy atom. The van der Waals surface area contributed by atoms with Gasteiger partial charge < -0.3 is 15.0 Å². The lowest BCUT2D eigenvalue weighted by atomic mass is 9.95. The number of carbonyl (C=O) groups is 3. The third-order valence-electron chi connectivity index (χ3n) is 4.80. The van der Waals surface area contributed by atoms with Gasteiger partial charge in [-0.15, -0.1) is 0 Å². The SMILES string of the molecule is COC(=O)[C@H](C)NC(=O)C1CCN(C(=O)/C=C/c2ccc(SC(F)(F)F)c(Cl)c2Cl)CC1. The van der Waals surface area contributed by atoms with Crippen molar-refractivity contribution in [3.8, 4) is 0 Å². The predicted octanol–water partition coefficient (Wildman–Crippen LogP) is 4.53. The summed E-state index contributed by atoms with van der Waals surface area (Å²) in [5, 5.41) is 2.27. The number of likely N-dealkylation sites (tertiary alicyclic amines) is 1. The maximum atomic E-state index is 12.6. The van der Waals surface area contributed by atoms with Gasteiger partial charge in [-0.2, -0.15) is 13.2 Å². The van der Waals surface area contributed by atoms with E-state index in [0.717, 1.165) is 0 Å².